The predicted octanol–water partition coefficient (Wildman–Crippen LogP) is 1.99. The van der Waals surface area contributed by atoms with Crippen molar-refractivity contribution in [2.75, 3.05) is 13.6 Å². The van der Waals surface area contributed by atoms with E-state index in [0.717, 1.165) is 18.5 Å². The zero-order valence-corrected chi connectivity index (χ0v) is 9.63. The lowest BCUT2D eigenvalue weighted by molar-refractivity contribution is 0.0612. The van der Waals surface area contributed by atoms with Crippen LogP contribution in [0, 0.1) is 5.92 Å². The lowest BCUT2D eigenvalue weighted by atomic mass is 9.76. The maximum Gasteiger partial charge on any atom is 0.0331 e. The Morgan fingerprint density at radius 1 is 1.21 bits per heavy atom. The van der Waals surface area contributed by atoms with Gasteiger partial charge < -0.3 is 5.73 Å². The van der Waals surface area contributed by atoms with Crippen molar-refractivity contribution in [3.63, 3.8) is 0 Å². The van der Waals surface area contributed by atoms with E-state index in [9.17, 15) is 0 Å². The van der Waals surface area contributed by atoms with Crippen molar-refractivity contribution in [2.24, 2.45) is 11.7 Å². The number of likely N-dealkylation sites (N-methyl/N-ethyl adjacent to an activating group) is 1. The van der Waals surface area contributed by atoms with Crippen LogP contribution >= 0.6 is 0 Å². The SMILES string of the molecule is CC1CCC(CN)(N(C)C2CC2)CC1. The zero-order chi connectivity index (χ0) is 10.2. The molecule has 0 bridgehead atoms. The highest BCUT2D eigenvalue weighted by atomic mass is 15.2. The number of nitrogens with two attached hydrogens (primary N) is 1. The monoisotopic (exact) mass is 196 g/mol. The molecule has 0 radical (unpaired) electrons. The zero-order valence-electron chi connectivity index (χ0n) is 9.63. The van der Waals surface area contributed by atoms with Crippen LogP contribution in [0.3, 0.4) is 0 Å². The summed E-state index contributed by atoms with van der Waals surface area (Å²) in [7, 11) is 2.29. The smallest absolute Gasteiger partial charge is 0.0331 e. The van der Waals surface area contributed by atoms with Crippen molar-refractivity contribution in [2.45, 2.75) is 57.0 Å². The molecule has 2 rings (SSSR count). The largest absolute Gasteiger partial charge is 0.329 e. The summed E-state index contributed by atoms with van der Waals surface area (Å²) in [5.74, 6) is 0.919. The Kier molecular flexibility index (Phi) is 2.85. The topological polar surface area (TPSA) is 29.3 Å². The molecular formula is C12H24N2. The van der Waals surface area contributed by atoms with Gasteiger partial charge in [0.25, 0.3) is 0 Å². The van der Waals surface area contributed by atoms with Crippen molar-refractivity contribution in [1.82, 2.24) is 4.90 Å². The Bertz CT molecular complexity index is 190. The molecule has 14 heavy (non-hydrogen) atoms. The van der Waals surface area contributed by atoms with Gasteiger partial charge in [0.2, 0.25) is 0 Å². The molecule has 2 heteroatoms. The molecule has 2 nitrogen and oxygen atoms in total. The third-order valence-corrected chi connectivity index (χ3v) is 4.43. The van der Waals surface area contributed by atoms with Crippen LogP contribution in [0.1, 0.15) is 45.4 Å². The minimum atomic E-state index is 0.355. The summed E-state index contributed by atoms with van der Waals surface area (Å²) in [5.41, 5.74) is 6.36. The Morgan fingerprint density at radius 2 is 1.79 bits per heavy atom. The summed E-state index contributed by atoms with van der Waals surface area (Å²) >= 11 is 0. The number of rotatable bonds is 3. The molecule has 0 aromatic rings. The average molecular weight is 196 g/mol. The predicted molar refractivity (Wildman–Crippen MR) is 60.2 cm³/mol. The highest BCUT2D eigenvalue weighted by Crippen LogP contribution is 2.40. The third kappa shape index (κ3) is 1.82. The van der Waals surface area contributed by atoms with Crippen molar-refractivity contribution < 1.29 is 0 Å². The minimum absolute atomic E-state index is 0.355. The molecule has 0 atom stereocenters. The standard InChI is InChI=1S/C12H24N2/c1-10-5-7-12(9-13,8-6-10)14(2)11-3-4-11/h10-11H,3-9,13H2,1-2H3. The van der Waals surface area contributed by atoms with E-state index in [-0.39, 0.29) is 0 Å². The minimum Gasteiger partial charge on any atom is -0.329 e. The van der Waals surface area contributed by atoms with Gasteiger partial charge in [-0.15, -0.1) is 0 Å². The lowest BCUT2D eigenvalue weighted by Crippen LogP contribution is -2.54. The van der Waals surface area contributed by atoms with Crippen LogP contribution in [0.4, 0.5) is 0 Å². The second-order valence-electron chi connectivity index (χ2n) is 5.45. The van der Waals surface area contributed by atoms with E-state index in [2.05, 4.69) is 18.9 Å². The Balaban J connectivity index is 2.01. The van der Waals surface area contributed by atoms with E-state index in [0.29, 0.717) is 5.54 Å². The van der Waals surface area contributed by atoms with Crippen LogP contribution in [0.5, 0.6) is 0 Å². The van der Waals surface area contributed by atoms with Crippen LogP contribution < -0.4 is 5.73 Å². The molecule has 2 fully saturated rings. The summed E-state index contributed by atoms with van der Waals surface area (Å²) < 4.78 is 0. The van der Waals surface area contributed by atoms with Gasteiger partial charge in [-0.25, -0.2) is 0 Å². The number of hydrogen-bond donors (Lipinski definition) is 1. The van der Waals surface area contributed by atoms with Crippen molar-refractivity contribution >= 4 is 0 Å². The van der Waals surface area contributed by atoms with Gasteiger partial charge in [-0.3, -0.25) is 4.90 Å². The highest BCUT2D eigenvalue weighted by molar-refractivity contribution is 4.99. The van der Waals surface area contributed by atoms with E-state index >= 15 is 0 Å². The first-order valence-corrected chi connectivity index (χ1v) is 6.11. The first-order valence-electron chi connectivity index (χ1n) is 6.11. The average Bonchev–Trinajstić information content (AvgIpc) is 3.02. The quantitative estimate of drug-likeness (QED) is 0.748. The molecular weight excluding hydrogens is 172 g/mol. The molecule has 0 saturated heterocycles. The Labute approximate surface area is 87.8 Å². The molecule has 0 aromatic heterocycles. The fraction of sp³-hybridized carbons (Fsp3) is 1.00. The molecule has 0 aliphatic heterocycles. The van der Waals surface area contributed by atoms with E-state index in [1.54, 1.807) is 0 Å². The van der Waals surface area contributed by atoms with Crippen LogP contribution in [0.15, 0.2) is 0 Å². The number of nitrogens with zero attached hydrogens (tertiary/aromatic N) is 1. The number of hydrogen-bond acceptors (Lipinski definition) is 2. The molecule has 0 spiro atoms. The van der Waals surface area contributed by atoms with E-state index in [1.807, 2.05) is 0 Å². The van der Waals surface area contributed by atoms with Gasteiger partial charge in [-0.2, -0.15) is 0 Å². The highest BCUT2D eigenvalue weighted by Gasteiger charge is 2.42. The Hall–Kier alpha value is -0.0800. The third-order valence-electron chi connectivity index (χ3n) is 4.43. The van der Waals surface area contributed by atoms with E-state index < -0.39 is 0 Å². The van der Waals surface area contributed by atoms with Gasteiger partial charge >= 0.3 is 0 Å². The van der Waals surface area contributed by atoms with Crippen molar-refractivity contribution in [3.05, 3.63) is 0 Å². The molecule has 2 aliphatic rings. The maximum absolute atomic E-state index is 6.01. The van der Waals surface area contributed by atoms with Gasteiger partial charge in [-0.1, -0.05) is 6.92 Å². The van der Waals surface area contributed by atoms with Crippen LogP contribution in [-0.2, 0) is 0 Å². The molecule has 2 saturated carbocycles. The summed E-state index contributed by atoms with van der Waals surface area (Å²) in [6, 6.07) is 0.854. The fourth-order valence-corrected chi connectivity index (χ4v) is 2.85. The first-order chi connectivity index (χ1) is 6.68. The van der Waals surface area contributed by atoms with Gasteiger partial charge in [0.15, 0.2) is 0 Å². The van der Waals surface area contributed by atoms with Crippen LogP contribution in [0.2, 0.25) is 0 Å². The summed E-state index contributed by atoms with van der Waals surface area (Å²) in [6.07, 6.45) is 8.17. The summed E-state index contributed by atoms with van der Waals surface area (Å²) in [6.45, 7) is 3.23. The van der Waals surface area contributed by atoms with Gasteiger partial charge in [0, 0.05) is 18.1 Å². The maximum atomic E-state index is 6.01. The van der Waals surface area contributed by atoms with Crippen LogP contribution in [0.25, 0.3) is 0 Å². The molecule has 82 valence electrons. The molecule has 0 aromatic carbocycles. The van der Waals surface area contributed by atoms with Gasteiger partial charge in [0.1, 0.15) is 0 Å². The lowest BCUT2D eigenvalue weighted by Gasteiger charge is -2.45. The summed E-state index contributed by atoms with van der Waals surface area (Å²) in [5, 5.41) is 0. The second kappa shape index (κ2) is 3.82. The molecule has 0 heterocycles. The molecule has 2 N–H and O–H groups in total. The molecule has 0 amide bonds. The summed E-state index contributed by atoms with van der Waals surface area (Å²) in [4.78, 5) is 2.60. The van der Waals surface area contributed by atoms with Crippen molar-refractivity contribution in [3.8, 4) is 0 Å². The Morgan fingerprint density at radius 3 is 2.21 bits per heavy atom. The first kappa shape index (κ1) is 10.4. The second-order valence-corrected chi connectivity index (χ2v) is 5.45. The molecule has 0 unspecified atom stereocenters. The fourth-order valence-electron chi connectivity index (χ4n) is 2.85. The van der Waals surface area contributed by atoms with Gasteiger partial charge in [-0.05, 0) is 51.5 Å². The normalized spacial score (nSPS) is 39.0. The van der Waals surface area contributed by atoms with E-state index in [1.165, 1.54) is 38.5 Å². The van der Waals surface area contributed by atoms with E-state index in [4.69, 9.17) is 5.73 Å². The van der Waals surface area contributed by atoms with Crippen LogP contribution in [-0.4, -0.2) is 30.1 Å². The molecule has 2 aliphatic carbocycles. The van der Waals surface area contributed by atoms with Crippen molar-refractivity contribution in [1.29, 1.82) is 0 Å². The van der Waals surface area contributed by atoms with Gasteiger partial charge in [0.05, 0.1) is 0 Å².